The van der Waals surface area contributed by atoms with Crippen molar-refractivity contribution in [1.82, 2.24) is 14.5 Å². The fourth-order valence-corrected chi connectivity index (χ4v) is 2.51. The number of aryl methyl sites for hydroxylation is 2. The molecule has 2 aromatic heterocycles. The molecule has 4 heteroatoms. The smallest absolute Gasteiger partial charge is 0.153 e. The molecular weight excluding hydrogens is 290 g/mol. The lowest BCUT2D eigenvalue weighted by Gasteiger charge is -2.09. The molecule has 0 saturated heterocycles. The highest BCUT2D eigenvalue weighted by molar-refractivity contribution is 9.10. The van der Waals surface area contributed by atoms with Gasteiger partial charge in [0.25, 0.3) is 0 Å². The standard InChI is InChI=1S/C14H12BrN3/c1-9-7-8-16-14(13(9)15)18-10(2)17-11-5-3-4-6-12(11)18/h3-8H,1-2H3. The first-order valence-electron chi connectivity index (χ1n) is 5.74. The minimum absolute atomic E-state index is 0.890. The molecule has 0 N–H and O–H groups in total. The molecule has 18 heavy (non-hydrogen) atoms. The van der Waals surface area contributed by atoms with Gasteiger partial charge >= 0.3 is 0 Å². The Morgan fingerprint density at radius 3 is 2.72 bits per heavy atom. The molecule has 0 unspecified atom stereocenters. The third-order valence-corrected chi connectivity index (χ3v) is 3.98. The molecule has 0 fully saturated rings. The fraction of sp³-hybridized carbons (Fsp3) is 0.143. The summed E-state index contributed by atoms with van der Waals surface area (Å²) < 4.78 is 3.09. The summed E-state index contributed by atoms with van der Waals surface area (Å²) in [6, 6.07) is 10.1. The molecule has 0 atom stereocenters. The van der Waals surface area contributed by atoms with E-state index in [9.17, 15) is 0 Å². The first-order valence-corrected chi connectivity index (χ1v) is 6.53. The van der Waals surface area contributed by atoms with Crippen LogP contribution in [-0.4, -0.2) is 14.5 Å². The third-order valence-electron chi connectivity index (χ3n) is 3.00. The van der Waals surface area contributed by atoms with E-state index in [1.54, 1.807) is 0 Å². The number of benzene rings is 1. The number of nitrogens with zero attached hydrogens (tertiary/aromatic N) is 3. The zero-order valence-electron chi connectivity index (χ0n) is 10.2. The molecule has 1 aromatic carbocycles. The summed E-state index contributed by atoms with van der Waals surface area (Å²) >= 11 is 3.61. The molecule has 0 aliphatic carbocycles. The number of hydrogen-bond acceptors (Lipinski definition) is 2. The summed E-state index contributed by atoms with van der Waals surface area (Å²) in [4.78, 5) is 9.03. The Morgan fingerprint density at radius 1 is 1.11 bits per heavy atom. The average molecular weight is 302 g/mol. The zero-order chi connectivity index (χ0) is 12.7. The highest BCUT2D eigenvalue weighted by atomic mass is 79.9. The molecule has 0 aliphatic rings. The Hall–Kier alpha value is -1.68. The van der Waals surface area contributed by atoms with E-state index in [1.165, 1.54) is 0 Å². The predicted molar refractivity (Wildman–Crippen MR) is 76.0 cm³/mol. The number of aromatic nitrogens is 3. The van der Waals surface area contributed by atoms with Crippen LogP contribution in [0.3, 0.4) is 0 Å². The summed E-state index contributed by atoms with van der Waals surface area (Å²) in [5, 5.41) is 0. The highest BCUT2D eigenvalue weighted by Gasteiger charge is 2.13. The number of fused-ring (bicyclic) bond motifs is 1. The van der Waals surface area contributed by atoms with Gasteiger partial charge < -0.3 is 0 Å². The number of halogens is 1. The van der Waals surface area contributed by atoms with E-state index in [-0.39, 0.29) is 0 Å². The molecule has 2 heterocycles. The molecule has 90 valence electrons. The maximum Gasteiger partial charge on any atom is 0.153 e. The highest BCUT2D eigenvalue weighted by Crippen LogP contribution is 2.27. The number of para-hydroxylation sites is 2. The largest absolute Gasteiger partial charge is 0.280 e. The van der Waals surface area contributed by atoms with Crippen molar-refractivity contribution < 1.29 is 0 Å². The topological polar surface area (TPSA) is 30.7 Å². The van der Waals surface area contributed by atoms with Crippen LogP contribution in [-0.2, 0) is 0 Å². The number of rotatable bonds is 1. The first kappa shape index (κ1) is 11.4. The minimum atomic E-state index is 0.890. The van der Waals surface area contributed by atoms with Gasteiger partial charge in [-0.3, -0.25) is 4.57 Å². The number of pyridine rings is 1. The van der Waals surface area contributed by atoms with Gasteiger partial charge in [0.15, 0.2) is 5.82 Å². The Morgan fingerprint density at radius 2 is 1.89 bits per heavy atom. The van der Waals surface area contributed by atoms with E-state index in [0.717, 1.165) is 32.7 Å². The Bertz CT molecular complexity index is 731. The van der Waals surface area contributed by atoms with Gasteiger partial charge in [-0.15, -0.1) is 0 Å². The second kappa shape index (κ2) is 4.21. The normalized spacial score (nSPS) is 11.1. The molecule has 3 rings (SSSR count). The predicted octanol–water partition coefficient (Wildman–Crippen LogP) is 3.80. The Balaban J connectivity index is 2.38. The molecule has 0 bridgehead atoms. The van der Waals surface area contributed by atoms with Crippen LogP contribution in [0.1, 0.15) is 11.4 Å². The molecule has 3 nitrogen and oxygen atoms in total. The lowest BCUT2D eigenvalue weighted by molar-refractivity contribution is 0.946. The van der Waals surface area contributed by atoms with Crippen molar-refractivity contribution in [2.24, 2.45) is 0 Å². The van der Waals surface area contributed by atoms with Crippen molar-refractivity contribution in [3.8, 4) is 5.82 Å². The van der Waals surface area contributed by atoms with Crippen molar-refractivity contribution in [2.45, 2.75) is 13.8 Å². The molecule has 0 aliphatic heterocycles. The number of hydrogen-bond donors (Lipinski definition) is 0. The third kappa shape index (κ3) is 1.64. The van der Waals surface area contributed by atoms with E-state index in [1.807, 2.05) is 37.4 Å². The van der Waals surface area contributed by atoms with Gasteiger partial charge in [-0.05, 0) is 53.5 Å². The lowest BCUT2D eigenvalue weighted by Crippen LogP contribution is -2.01. The maximum absolute atomic E-state index is 4.56. The summed E-state index contributed by atoms with van der Waals surface area (Å²) in [6.45, 7) is 4.06. The van der Waals surface area contributed by atoms with Crippen molar-refractivity contribution in [3.63, 3.8) is 0 Å². The molecule has 0 amide bonds. The quantitative estimate of drug-likeness (QED) is 0.684. The second-order valence-corrected chi connectivity index (χ2v) is 5.04. The molecule has 0 radical (unpaired) electrons. The van der Waals surface area contributed by atoms with Crippen molar-refractivity contribution in [1.29, 1.82) is 0 Å². The first-order chi connectivity index (χ1) is 8.68. The van der Waals surface area contributed by atoms with Crippen LogP contribution in [0.15, 0.2) is 41.0 Å². The van der Waals surface area contributed by atoms with Crippen LogP contribution in [0, 0.1) is 13.8 Å². The zero-order valence-corrected chi connectivity index (χ0v) is 11.8. The second-order valence-electron chi connectivity index (χ2n) is 4.25. The van der Waals surface area contributed by atoms with E-state index in [0.29, 0.717) is 0 Å². The van der Waals surface area contributed by atoms with Crippen LogP contribution >= 0.6 is 15.9 Å². The summed E-state index contributed by atoms with van der Waals surface area (Å²) in [6.07, 6.45) is 1.82. The van der Waals surface area contributed by atoms with Crippen LogP contribution < -0.4 is 0 Å². The van der Waals surface area contributed by atoms with Crippen LogP contribution in [0.5, 0.6) is 0 Å². The minimum Gasteiger partial charge on any atom is -0.280 e. The van der Waals surface area contributed by atoms with Gasteiger partial charge in [-0.2, -0.15) is 0 Å². The van der Waals surface area contributed by atoms with Gasteiger partial charge in [0.2, 0.25) is 0 Å². The van der Waals surface area contributed by atoms with Crippen molar-refractivity contribution in [2.75, 3.05) is 0 Å². The number of imidazole rings is 1. The molecule has 0 spiro atoms. The van der Waals surface area contributed by atoms with Crippen molar-refractivity contribution in [3.05, 3.63) is 52.4 Å². The van der Waals surface area contributed by atoms with E-state index in [2.05, 4.69) is 43.5 Å². The fourth-order valence-electron chi connectivity index (χ4n) is 2.10. The van der Waals surface area contributed by atoms with Gasteiger partial charge in [0.05, 0.1) is 15.5 Å². The lowest BCUT2D eigenvalue weighted by atomic mass is 10.3. The van der Waals surface area contributed by atoms with Gasteiger partial charge in [0, 0.05) is 6.20 Å². The SMILES string of the molecule is Cc1ccnc(-n2c(C)nc3ccccc32)c1Br. The molecular formula is C14H12BrN3. The van der Waals surface area contributed by atoms with E-state index >= 15 is 0 Å². The van der Waals surface area contributed by atoms with Crippen LogP contribution in [0.25, 0.3) is 16.9 Å². The van der Waals surface area contributed by atoms with E-state index in [4.69, 9.17) is 0 Å². The Labute approximate surface area is 114 Å². The van der Waals surface area contributed by atoms with Crippen LogP contribution in [0.4, 0.5) is 0 Å². The summed E-state index contributed by atoms with van der Waals surface area (Å²) in [5.41, 5.74) is 3.23. The van der Waals surface area contributed by atoms with E-state index < -0.39 is 0 Å². The Kier molecular flexibility index (Phi) is 2.67. The van der Waals surface area contributed by atoms with Crippen molar-refractivity contribution >= 4 is 27.0 Å². The summed E-state index contributed by atoms with van der Waals surface area (Å²) in [5.74, 6) is 1.83. The van der Waals surface area contributed by atoms with Crippen LogP contribution in [0.2, 0.25) is 0 Å². The monoisotopic (exact) mass is 301 g/mol. The average Bonchev–Trinajstić information content (AvgIpc) is 2.69. The molecule has 0 saturated carbocycles. The van der Waals surface area contributed by atoms with Gasteiger partial charge in [-0.1, -0.05) is 12.1 Å². The maximum atomic E-state index is 4.56. The van der Waals surface area contributed by atoms with Gasteiger partial charge in [0.1, 0.15) is 5.82 Å². The van der Waals surface area contributed by atoms with Gasteiger partial charge in [-0.25, -0.2) is 9.97 Å². The molecule has 3 aromatic rings. The summed E-state index contributed by atoms with van der Waals surface area (Å²) in [7, 11) is 0.